The fourth-order valence-corrected chi connectivity index (χ4v) is 2.28. The van der Waals surface area contributed by atoms with Crippen molar-refractivity contribution in [3.8, 4) is 0 Å². The van der Waals surface area contributed by atoms with Gasteiger partial charge in [0.25, 0.3) is 0 Å². The minimum atomic E-state index is 0.750. The van der Waals surface area contributed by atoms with Crippen LogP contribution in [0.2, 0.25) is 0 Å². The van der Waals surface area contributed by atoms with Gasteiger partial charge in [0, 0.05) is 6.54 Å². The summed E-state index contributed by atoms with van der Waals surface area (Å²) in [6.07, 6.45) is 1.50. The van der Waals surface area contributed by atoms with Crippen molar-refractivity contribution < 1.29 is 0 Å². The van der Waals surface area contributed by atoms with Gasteiger partial charge in [-0.25, -0.2) is 0 Å². The highest BCUT2D eigenvalue weighted by Gasteiger charge is 2.58. The minimum Gasteiger partial charge on any atom is -0.316 e. The van der Waals surface area contributed by atoms with E-state index in [9.17, 15) is 0 Å². The van der Waals surface area contributed by atoms with Crippen molar-refractivity contribution >= 4 is 0 Å². The van der Waals surface area contributed by atoms with Gasteiger partial charge < -0.3 is 5.32 Å². The highest BCUT2D eigenvalue weighted by atomic mass is 15.0. The number of rotatable bonds is 1. The number of nitrogens with one attached hydrogen (secondary N) is 1. The lowest BCUT2D eigenvalue weighted by molar-refractivity contribution is 0.364. The van der Waals surface area contributed by atoms with E-state index in [0.29, 0.717) is 0 Å². The molecule has 0 bridgehead atoms. The van der Waals surface area contributed by atoms with Gasteiger partial charge in [0.05, 0.1) is 0 Å². The van der Waals surface area contributed by atoms with Crippen LogP contribution in [0.5, 0.6) is 0 Å². The lowest BCUT2D eigenvalue weighted by Gasteiger charge is -2.15. The van der Waals surface area contributed by atoms with Crippen molar-refractivity contribution in [2.24, 2.45) is 17.3 Å². The average Bonchev–Trinajstić information content (AvgIpc) is 2.38. The lowest BCUT2D eigenvalue weighted by atomic mass is 9.92. The van der Waals surface area contributed by atoms with Gasteiger partial charge in [-0.1, -0.05) is 13.8 Å². The second-order valence-corrected chi connectivity index (χ2v) is 3.92. The van der Waals surface area contributed by atoms with Crippen LogP contribution in [-0.4, -0.2) is 13.1 Å². The zero-order valence-electron chi connectivity index (χ0n) is 6.28. The maximum atomic E-state index is 3.44. The van der Waals surface area contributed by atoms with E-state index in [0.717, 1.165) is 17.3 Å². The van der Waals surface area contributed by atoms with Crippen LogP contribution in [0.15, 0.2) is 0 Å². The molecule has 1 heteroatoms. The molecule has 2 aliphatic rings. The van der Waals surface area contributed by atoms with Gasteiger partial charge in [-0.15, -0.1) is 0 Å². The largest absolute Gasteiger partial charge is 0.316 e. The molecule has 0 radical (unpaired) electrons. The van der Waals surface area contributed by atoms with Crippen molar-refractivity contribution in [2.45, 2.75) is 20.3 Å². The van der Waals surface area contributed by atoms with Crippen molar-refractivity contribution in [2.75, 3.05) is 13.1 Å². The summed E-state index contributed by atoms with van der Waals surface area (Å²) in [5.74, 6) is 1.94. The van der Waals surface area contributed by atoms with Crippen LogP contribution in [0, 0.1) is 17.3 Å². The second-order valence-electron chi connectivity index (χ2n) is 3.92. The van der Waals surface area contributed by atoms with Crippen molar-refractivity contribution in [3.63, 3.8) is 0 Å². The Bertz CT molecular complexity index is 127. The van der Waals surface area contributed by atoms with E-state index in [4.69, 9.17) is 0 Å². The Kier molecular flexibility index (Phi) is 0.963. The fraction of sp³-hybridized carbons (Fsp3) is 1.00. The second kappa shape index (κ2) is 1.51. The zero-order chi connectivity index (χ0) is 6.48. The summed E-state index contributed by atoms with van der Waals surface area (Å²) in [6, 6.07) is 0. The first-order valence-corrected chi connectivity index (χ1v) is 3.96. The number of fused-ring (bicyclic) bond motifs is 1. The van der Waals surface area contributed by atoms with Crippen LogP contribution in [0.4, 0.5) is 0 Å². The van der Waals surface area contributed by atoms with Crippen LogP contribution in [0.25, 0.3) is 0 Å². The van der Waals surface area contributed by atoms with Crippen LogP contribution in [0.1, 0.15) is 20.3 Å². The summed E-state index contributed by atoms with van der Waals surface area (Å²) in [6.45, 7) is 7.29. The highest BCUT2D eigenvalue weighted by molar-refractivity contribution is 5.10. The molecule has 2 fully saturated rings. The standard InChI is InChI=1S/C8H15N/c1-6(2)8-3-7(8)4-9-5-8/h6-7,9H,3-5H2,1-2H3/t7-,8+/m0/s1. The highest BCUT2D eigenvalue weighted by Crippen LogP contribution is 2.59. The predicted octanol–water partition coefficient (Wildman–Crippen LogP) is 1.25. The number of hydrogen-bond acceptors (Lipinski definition) is 1. The minimum absolute atomic E-state index is 0.750. The molecule has 1 heterocycles. The third-order valence-electron chi connectivity index (χ3n) is 3.27. The zero-order valence-corrected chi connectivity index (χ0v) is 6.28. The summed E-state index contributed by atoms with van der Waals surface area (Å²) in [4.78, 5) is 0. The summed E-state index contributed by atoms with van der Waals surface area (Å²) in [5, 5.41) is 3.44. The van der Waals surface area contributed by atoms with Crippen LogP contribution >= 0.6 is 0 Å². The van der Waals surface area contributed by atoms with E-state index in [1.54, 1.807) is 0 Å². The van der Waals surface area contributed by atoms with Gasteiger partial charge >= 0.3 is 0 Å². The molecule has 52 valence electrons. The van der Waals surface area contributed by atoms with E-state index in [-0.39, 0.29) is 0 Å². The van der Waals surface area contributed by atoms with Crippen LogP contribution in [-0.2, 0) is 0 Å². The van der Waals surface area contributed by atoms with E-state index >= 15 is 0 Å². The molecule has 2 atom stereocenters. The molecule has 1 aliphatic carbocycles. The van der Waals surface area contributed by atoms with Crippen molar-refractivity contribution in [3.05, 3.63) is 0 Å². The Hall–Kier alpha value is -0.0400. The predicted molar refractivity (Wildman–Crippen MR) is 38.2 cm³/mol. The van der Waals surface area contributed by atoms with Gasteiger partial charge in [0.1, 0.15) is 0 Å². The molecule has 2 rings (SSSR count). The molecule has 1 aliphatic heterocycles. The first-order chi connectivity index (χ1) is 4.26. The quantitative estimate of drug-likeness (QED) is 0.556. The topological polar surface area (TPSA) is 12.0 Å². The third kappa shape index (κ3) is 0.586. The molecular formula is C8H15N. The molecule has 9 heavy (non-hydrogen) atoms. The molecule has 1 N–H and O–H groups in total. The first kappa shape index (κ1) is 5.72. The summed E-state index contributed by atoms with van der Waals surface area (Å²) >= 11 is 0. The number of piperidine rings is 1. The van der Waals surface area contributed by atoms with Gasteiger partial charge in [0.2, 0.25) is 0 Å². The molecule has 1 saturated heterocycles. The van der Waals surface area contributed by atoms with Crippen molar-refractivity contribution in [1.29, 1.82) is 0 Å². The van der Waals surface area contributed by atoms with E-state index in [1.165, 1.54) is 19.5 Å². The Morgan fingerprint density at radius 1 is 1.56 bits per heavy atom. The summed E-state index contributed by atoms with van der Waals surface area (Å²) < 4.78 is 0. The number of hydrogen-bond donors (Lipinski definition) is 1. The third-order valence-corrected chi connectivity index (χ3v) is 3.27. The maximum Gasteiger partial charge on any atom is 0.00136 e. The smallest absolute Gasteiger partial charge is 0.00136 e. The van der Waals surface area contributed by atoms with E-state index in [1.807, 2.05) is 0 Å². The molecule has 0 amide bonds. The normalized spacial score (nSPS) is 47.7. The van der Waals surface area contributed by atoms with Gasteiger partial charge in [-0.05, 0) is 30.2 Å². The van der Waals surface area contributed by atoms with Gasteiger partial charge in [-0.3, -0.25) is 0 Å². The summed E-state index contributed by atoms with van der Waals surface area (Å²) in [7, 11) is 0. The van der Waals surface area contributed by atoms with Gasteiger partial charge in [-0.2, -0.15) is 0 Å². The Balaban J connectivity index is 2.10. The van der Waals surface area contributed by atoms with Crippen LogP contribution < -0.4 is 5.32 Å². The first-order valence-electron chi connectivity index (χ1n) is 3.96. The fourth-order valence-electron chi connectivity index (χ4n) is 2.28. The summed E-state index contributed by atoms with van der Waals surface area (Å²) in [5.41, 5.74) is 0.750. The molecule has 0 aromatic carbocycles. The monoisotopic (exact) mass is 125 g/mol. The van der Waals surface area contributed by atoms with E-state index in [2.05, 4.69) is 19.2 Å². The van der Waals surface area contributed by atoms with Gasteiger partial charge in [0.15, 0.2) is 0 Å². The molecule has 0 aromatic heterocycles. The van der Waals surface area contributed by atoms with Crippen LogP contribution in [0.3, 0.4) is 0 Å². The Morgan fingerprint density at radius 2 is 2.33 bits per heavy atom. The molecule has 0 unspecified atom stereocenters. The Labute approximate surface area is 56.8 Å². The average molecular weight is 125 g/mol. The lowest BCUT2D eigenvalue weighted by Crippen LogP contribution is -2.20. The molecule has 0 aromatic rings. The van der Waals surface area contributed by atoms with Crippen molar-refractivity contribution in [1.82, 2.24) is 5.32 Å². The molecule has 1 saturated carbocycles. The molecular weight excluding hydrogens is 110 g/mol. The molecule has 0 spiro atoms. The molecule has 1 nitrogen and oxygen atoms in total. The van der Waals surface area contributed by atoms with E-state index < -0.39 is 0 Å². The SMILES string of the molecule is CC(C)[C@@]12CNC[C@@H]1C2. The maximum absolute atomic E-state index is 3.44. The Morgan fingerprint density at radius 3 is 2.56 bits per heavy atom.